The monoisotopic (exact) mass is 499 g/mol. The van der Waals surface area contributed by atoms with E-state index in [-0.39, 0.29) is 5.41 Å². The quantitative estimate of drug-likeness (QED) is 0.237. The van der Waals surface area contributed by atoms with Crippen molar-refractivity contribution >= 4 is 16.9 Å². The Hall–Kier alpha value is -4.88. The van der Waals surface area contributed by atoms with Gasteiger partial charge in [0, 0.05) is 11.4 Å². The lowest BCUT2D eigenvalue weighted by molar-refractivity contribution is 0.767. The van der Waals surface area contributed by atoms with Crippen LogP contribution in [-0.4, -0.2) is 0 Å². The average molecular weight is 500 g/mol. The minimum atomic E-state index is -0.321. The lowest BCUT2D eigenvalue weighted by atomic mass is 9.70. The third-order valence-corrected chi connectivity index (χ3v) is 8.31. The first kappa shape index (κ1) is 23.3. The summed E-state index contributed by atoms with van der Waals surface area (Å²) in [5.74, 6) is 0. The van der Waals surface area contributed by atoms with Gasteiger partial charge in [0.05, 0.1) is 5.41 Å². The van der Waals surface area contributed by atoms with Crippen molar-refractivity contribution in [2.24, 2.45) is 0 Å². The lowest BCUT2D eigenvalue weighted by Crippen LogP contribution is -2.26. The van der Waals surface area contributed by atoms with Crippen LogP contribution in [0.1, 0.15) is 29.2 Å². The Balaban J connectivity index is 1.36. The van der Waals surface area contributed by atoms with Gasteiger partial charge in [0.25, 0.3) is 0 Å². The molecule has 5 aromatic rings. The van der Waals surface area contributed by atoms with Crippen LogP contribution in [0.2, 0.25) is 0 Å². The Labute approximate surface area is 230 Å². The van der Waals surface area contributed by atoms with Crippen molar-refractivity contribution < 1.29 is 0 Å². The number of fused-ring (bicyclic) bond motifs is 7. The summed E-state index contributed by atoms with van der Waals surface area (Å²) in [6.45, 7) is 6.22. The fourth-order valence-electron chi connectivity index (χ4n) is 6.62. The zero-order valence-electron chi connectivity index (χ0n) is 22.0. The topological polar surface area (TPSA) is 12.0 Å². The highest BCUT2D eigenvalue weighted by atomic mass is 14.9. The Morgan fingerprint density at radius 3 is 1.92 bits per heavy atom. The van der Waals surface area contributed by atoms with Crippen molar-refractivity contribution in [3.63, 3.8) is 0 Å². The molecule has 0 fully saturated rings. The maximum atomic E-state index is 3.92. The molecule has 186 valence electrons. The summed E-state index contributed by atoms with van der Waals surface area (Å²) in [4.78, 5) is 0. The molecule has 1 N–H and O–H groups in total. The number of rotatable bonds is 5. The van der Waals surface area contributed by atoms with Gasteiger partial charge in [-0.15, -0.1) is 0 Å². The van der Waals surface area contributed by atoms with Crippen molar-refractivity contribution in [1.82, 2.24) is 0 Å². The van der Waals surface area contributed by atoms with Gasteiger partial charge in [0.15, 0.2) is 0 Å². The highest BCUT2D eigenvalue weighted by Crippen LogP contribution is 2.62. The molecule has 0 saturated heterocycles. The smallest absolute Gasteiger partial charge is 0.0686 e. The minimum Gasteiger partial charge on any atom is -0.356 e. The van der Waals surface area contributed by atoms with E-state index in [4.69, 9.17) is 0 Å². The number of benzene rings is 5. The maximum Gasteiger partial charge on any atom is 0.0686 e. The molecular weight excluding hydrogens is 470 g/mol. The van der Waals surface area contributed by atoms with Gasteiger partial charge in [-0.2, -0.15) is 0 Å². The molecule has 7 rings (SSSR count). The molecule has 39 heavy (non-hydrogen) atoms. The molecular formula is C38H29N. The fraction of sp³-hybridized carbons (Fsp3) is 0.0526. The molecule has 0 amide bonds. The summed E-state index contributed by atoms with van der Waals surface area (Å²) < 4.78 is 0. The summed E-state index contributed by atoms with van der Waals surface area (Å²) in [6, 6.07) is 43.8. The second kappa shape index (κ2) is 9.15. The average Bonchev–Trinajstić information content (AvgIpc) is 3.42. The number of hydrogen-bond donors (Lipinski definition) is 1. The molecule has 0 bridgehead atoms. The second-order valence-corrected chi connectivity index (χ2v) is 10.3. The van der Waals surface area contributed by atoms with Crippen molar-refractivity contribution in [2.45, 2.75) is 12.3 Å². The molecule has 0 aliphatic heterocycles. The Morgan fingerprint density at radius 1 is 0.590 bits per heavy atom. The van der Waals surface area contributed by atoms with Crippen molar-refractivity contribution in [1.29, 1.82) is 0 Å². The van der Waals surface area contributed by atoms with E-state index in [2.05, 4.69) is 146 Å². The van der Waals surface area contributed by atoms with Gasteiger partial charge in [-0.3, -0.25) is 0 Å². The van der Waals surface area contributed by atoms with Gasteiger partial charge in [-0.1, -0.05) is 122 Å². The van der Waals surface area contributed by atoms with E-state index in [9.17, 15) is 0 Å². The van der Waals surface area contributed by atoms with Gasteiger partial charge >= 0.3 is 0 Å². The Morgan fingerprint density at radius 2 is 1.18 bits per heavy atom. The van der Waals surface area contributed by atoms with E-state index in [1.165, 1.54) is 55.7 Å². The molecule has 1 atom stereocenters. The number of allylic oxidation sites excluding steroid dienone is 5. The standard InChI is InChI=1S/C38H29N/c1-3-4-14-31-26(2)38(35-17-10-8-15-32(31)35)36-18-11-9-16-33(36)34-24-23-30(25-37(34)38)39-29-21-19-28(20-22-29)27-12-6-5-7-13-27/h3-25,39H,1H2,2H3/b14-4-. The molecule has 0 radical (unpaired) electrons. The van der Waals surface area contributed by atoms with E-state index >= 15 is 0 Å². The zero-order valence-corrected chi connectivity index (χ0v) is 22.0. The van der Waals surface area contributed by atoms with E-state index in [0.717, 1.165) is 11.4 Å². The predicted molar refractivity (Wildman–Crippen MR) is 165 cm³/mol. The van der Waals surface area contributed by atoms with Crippen molar-refractivity contribution in [3.8, 4) is 22.3 Å². The normalized spacial score (nSPS) is 16.8. The third kappa shape index (κ3) is 3.47. The SMILES string of the molecule is C=C/C=C\C1=C(C)C2(c3ccccc31)c1ccccc1-c1ccc(Nc3ccc(-c4ccccc4)cc3)cc12. The molecule has 0 aromatic heterocycles. The molecule has 2 aliphatic carbocycles. The van der Waals surface area contributed by atoms with Crippen molar-refractivity contribution in [3.05, 3.63) is 174 Å². The summed E-state index contributed by atoms with van der Waals surface area (Å²) >= 11 is 0. The number of anilines is 2. The van der Waals surface area contributed by atoms with Crippen LogP contribution in [0, 0.1) is 0 Å². The number of nitrogens with one attached hydrogen (secondary N) is 1. The largest absolute Gasteiger partial charge is 0.356 e. The van der Waals surface area contributed by atoms with E-state index in [1.807, 2.05) is 12.2 Å². The van der Waals surface area contributed by atoms with Crippen LogP contribution in [0.25, 0.3) is 27.8 Å². The van der Waals surface area contributed by atoms with E-state index in [0.29, 0.717) is 0 Å². The molecule has 1 unspecified atom stereocenters. The first-order valence-electron chi connectivity index (χ1n) is 13.5. The van der Waals surface area contributed by atoms with Crippen LogP contribution in [0.4, 0.5) is 11.4 Å². The first-order valence-corrected chi connectivity index (χ1v) is 13.5. The number of hydrogen-bond acceptors (Lipinski definition) is 1. The van der Waals surface area contributed by atoms with Gasteiger partial charge in [0.2, 0.25) is 0 Å². The fourth-order valence-corrected chi connectivity index (χ4v) is 6.62. The van der Waals surface area contributed by atoms with Crippen molar-refractivity contribution in [2.75, 3.05) is 5.32 Å². The third-order valence-electron chi connectivity index (χ3n) is 8.31. The van der Waals surface area contributed by atoms with Crippen LogP contribution < -0.4 is 5.32 Å². The summed E-state index contributed by atoms with van der Waals surface area (Å²) in [5, 5.41) is 3.69. The van der Waals surface area contributed by atoms with Crippen LogP contribution in [-0.2, 0) is 5.41 Å². The highest BCUT2D eigenvalue weighted by molar-refractivity contribution is 5.97. The summed E-state index contributed by atoms with van der Waals surface area (Å²) in [7, 11) is 0. The molecule has 2 aliphatic rings. The first-order chi connectivity index (χ1) is 19.2. The van der Waals surface area contributed by atoms with E-state index < -0.39 is 0 Å². The maximum absolute atomic E-state index is 3.92. The highest BCUT2D eigenvalue weighted by Gasteiger charge is 2.50. The van der Waals surface area contributed by atoms with Crippen LogP contribution in [0.3, 0.4) is 0 Å². The van der Waals surface area contributed by atoms with Gasteiger partial charge < -0.3 is 5.32 Å². The van der Waals surface area contributed by atoms with Gasteiger partial charge in [0.1, 0.15) is 0 Å². The molecule has 1 nitrogen and oxygen atoms in total. The summed E-state index contributed by atoms with van der Waals surface area (Å²) in [5.41, 5.74) is 14.9. The zero-order chi connectivity index (χ0) is 26.4. The Kier molecular flexibility index (Phi) is 5.45. The molecule has 0 saturated carbocycles. The molecule has 1 heteroatoms. The minimum absolute atomic E-state index is 0.321. The lowest BCUT2D eigenvalue weighted by Gasteiger charge is -2.31. The van der Waals surface area contributed by atoms with Crippen LogP contribution in [0.5, 0.6) is 0 Å². The molecule has 5 aromatic carbocycles. The van der Waals surface area contributed by atoms with Gasteiger partial charge in [-0.05, 0) is 86.8 Å². The summed E-state index contributed by atoms with van der Waals surface area (Å²) in [6.07, 6.45) is 6.12. The Bertz CT molecular complexity index is 1790. The van der Waals surface area contributed by atoms with E-state index in [1.54, 1.807) is 0 Å². The predicted octanol–water partition coefficient (Wildman–Crippen LogP) is 9.94. The van der Waals surface area contributed by atoms with Crippen LogP contribution >= 0.6 is 0 Å². The molecule has 1 spiro atoms. The van der Waals surface area contributed by atoms with Gasteiger partial charge in [-0.25, -0.2) is 0 Å². The molecule has 0 heterocycles. The van der Waals surface area contributed by atoms with Crippen LogP contribution in [0.15, 0.2) is 152 Å². The second-order valence-electron chi connectivity index (χ2n) is 10.3.